The predicted octanol–water partition coefficient (Wildman–Crippen LogP) is 11.1. The number of methoxy groups -OCH3 is 6. The highest BCUT2D eigenvalue weighted by Gasteiger charge is 2.25. The molecule has 0 radical (unpaired) electrons. The average molecular weight is 1050 g/mol. The second-order valence-corrected chi connectivity index (χ2v) is 19.0. The van der Waals surface area contributed by atoms with Gasteiger partial charge >= 0.3 is 35.8 Å². The van der Waals surface area contributed by atoms with Crippen molar-refractivity contribution in [3.63, 3.8) is 0 Å². The maximum Gasteiger partial charge on any atom is 0.337 e. The Balaban J connectivity index is 1.46. The highest BCUT2D eigenvalue weighted by molar-refractivity contribution is 5.91. The van der Waals surface area contributed by atoms with Crippen molar-refractivity contribution in [1.29, 1.82) is 0 Å². The first-order chi connectivity index (χ1) is 37.9. The molecule has 0 amide bonds. The van der Waals surface area contributed by atoms with E-state index in [0.29, 0.717) is 110 Å². The molecule has 78 heavy (non-hydrogen) atoms. The Labute approximate surface area is 456 Å². The van der Waals surface area contributed by atoms with Gasteiger partial charge in [0.25, 0.3) is 0 Å². The van der Waals surface area contributed by atoms with Crippen LogP contribution in [0.1, 0.15) is 129 Å². The summed E-state index contributed by atoms with van der Waals surface area (Å²) in [6.45, 7) is 0. The summed E-state index contributed by atoms with van der Waals surface area (Å²) in [5, 5.41) is 0. The molecule has 0 aromatic heterocycles. The molecule has 0 aliphatic carbocycles. The van der Waals surface area contributed by atoms with E-state index in [4.69, 9.17) is 28.4 Å². The quantitative estimate of drug-likeness (QED) is 0.0417. The van der Waals surface area contributed by atoms with E-state index in [2.05, 4.69) is 0 Å². The number of rotatable bonds is 24. The number of ether oxygens (including phenoxy) is 6. The van der Waals surface area contributed by atoms with E-state index in [0.717, 1.165) is 33.4 Å². The molecule has 0 N–H and O–H groups in total. The molecule has 0 aliphatic heterocycles. The van der Waals surface area contributed by atoms with Crippen molar-refractivity contribution in [3.05, 3.63) is 246 Å². The molecule has 0 fully saturated rings. The van der Waals surface area contributed by atoms with E-state index < -0.39 is 35.8 Å². The van der Waals surface area contributed by atoms with Gasteiger partial charge in [-0.2, -0.15) is 0 Å². The second kappa shape index (κ2) is 27.9. The van der Waals surface area contributed by atoms with Crippen LogP contribution in [-0.2, 0) is 105 Å². The van der Waals surface area contributed by atoms with E-state index >= 15 is 0 Å². The largest absolute Gasteiger partial charge is 0.465 e. The van der Waals surface area contributed by atoms with Crippen molar-refractivity contribution in [2.45, 2.75) is 77.0 Å². The Kier molecular flexibility index (Phi) is 20.4. The average Bonchev–Trinajstić information content (AvgIpc) is 3.53. The molecule has 7 rings (SSSR count). The number of hydrogen-bond donors (Lipinski definition) is 0. The van der Waals surface area contributed by atoms with Crippen molar-refractivity contribution in [3.8, 4) is 0 Å². The molecule has 0 saturated heterocycles. The number of aryl methyl sites for hydroxylation is 6. The lowest BCUT2D eigenvalue weighted by Crippen LogP contribution is -2.18. The minimum atomic E-state index is -0.408. The van der Waals surface area contributed by atoms with E-state index in [1.165, 1.54) is 76.0 Å². The third kappa shape index (κ3) is 14.8. The van der Waals surface area contributed by atoms with Gasteiger partial charge in [0.15, 0.2) is 0 Å². The Hall–Kier alpha value is -8.64. The normalized spacial score (nSPS) is 10.8. The molecule has 0 unspecified atom stereocenters. The van der Waals surface area contributed by atoms with Gasteiger partial charge in [-0.3, -0.25) is 0 Å². The minimum Gasteiger partial charge on any atom is -0.465 e. The summed E-state index contributed by atoms with van der Waals surface area (Å²) in [5.74, 6) is -2.45. The van der Waals surface area contributed by atoms with Gasteiger partial charge in [-0.1, -0.05) is 72.8 Å². The molecule has 7 aromatic rings. The zero-order valence-corrected chi connectivity index (χ0v) is 45.2. The number of esters is 6. The maximum atomic E-state index is 12.5. The summed E-state index contributed by atoms with van der Waals surface area (Å²) in [6, 6.07) is 45.4. The minimum absolute atomic E-state index is 0.408. The predicted molar refractivity (Wildman–Crippen MR) is 298 cm³/mol. The third-order valence-corrected chi connectivity index (χ3v) is 14.4. The van der Waals surface area contributed by atoms with Crippen LogP contribution in [0.4, 0.5) is 0 Å². The second-order valence-electron chi connectivity index (χ2n) is 19.0. The first-order valence-electron chi connectivity index (χ1n) is 26.1. The van der Waals surface area contributed by atoms with Crippen molar-refractivity contribution < 1.29 is 57.2 Å². The topological polar surface area (TPSA) is 158 Å². The van der Waals surface area contributed by atoms with Gasteiger partial charge in [-0.25, -0.2) is 28.8 Å². The first-order valence-corrected chi connectivity index (χ1v) is 26.1. The molecule has 7 aromatic carbocycles. The maximum absolute atomic E-state index is 12.5. The van der Waals surface area contributed by atoms with Crippen LogP contribution in [0.5, 0.6) is 0 Å². The van der Waals surface area contributed by atoms with E-state index in [-0.39, 0.29) is 0 Å². The van der Waals surface area contributed by atoms with Gasteiger partial charge in [-0.05, 0) is 217 Å². The SMILES string of the molecule is COC(=O)c1ccc(CCc2c(CCc3ccc(C(=O)OC)cc3)c(CCc3ccc(C(=O)OC)cc3)c(CCc3ccc(C(=O)OC)cc3)c(CCc3ccc(C(=O)OC)cc3)c2CCc2ccc(C(=O)OC)cc2)cc1. The van der Waals surface area contributed by atoms with E-state index in [1.54, 1.807) is 72.8 Å². The number of hydrogen-bond acceptors (Lipinski definition) is 12. The first kappa shape index (κ1) is 57.1. The van der Waals surface area contributed by atoms with Crippen LogP contribution < -0.4 is 0 Å². The van der Waals surface area contributed by atoms with Crippen LogP contribution in [0.15, 0.2) is 146 Å². The summed E-state index contributed by atoms with van der Waals surface area (Å²) in [4.78, 5) is 75.2. The van der Waals surface area contributed by atoms with Crippen molar-refractivity contribution in [2.24, 2.45) is 0 Å². The zero-order valence-electron chi connectivity index (χ0n) is 45.2. The lowest BCUT2D eigenvalue weighted by atomic mass is 9.76. The van der Waals surface area contributed by atoms with Crippen LogP contribution in [0.2, 0.25) is 0 Å². The summed E-state index contributed by atoms with van der Waals surface area (Å²) < 4.78 is 30.1. The molecule has 0 heterocycles. The molecule has 0 atom stereocenters. The van der Waals surface area contributed by atoms with Crippen molar-refractivity contribution >= 4 is 35.8 Å². The van der Waals surface area contributed by atoms with Gasteiger partial charge in [-0.15, -0.1) is 0 Å². The molecule has 402 valence electrons. The fraction of sp³-hybridized carbons (Fsp3) is 0.273. The van der Waals surface area contributed by atoms with Gasteiger partial charge < -0.3 is 28.4 Å². The van der Waals surface area contributed by atoms with Crippen LogP contribution in [0.25, 0.3) is 0 Å². The molecular formula is C66H66O12. The Morgan fingerprint density at radius 3 is 0.423 bits per heavy atom. The fourth-order valence-corrected chi connectivity index (χ4v) is 10.1. The van der Waals surface area contributed by atoms with Crippen molar-refractivity contribution in [2.75, 3.05) is 42.7 Å². The molecule has 12 nitrogen and oxygen atoms in total. The monoisotopic (exact) mass is 1050 g/mol. The van der Waals surface area contributed by atoms with Crippen LogP contribution in [0, 0.1) is 0 Å². The molecule has 0 bridgehead atoms. The number of carbonyl (C=O) groups excluding carboxylic acids is 6. The number of carbonyl (C=O) groups is 6. The molecular weight excluding hydrogens is 985 g/mol. The Bertz CT molecular complexity index is 2610. The van der Waals surface area contributed by atoms with Gasteiger partial charge in [0.05, 0.1) is 76.0 Å². The number of benzene rings is 7. The van der Waals surface area contributed by atoms with Crippen LogP contribution in [-0.4, -0.2) is 78.5 Å². The summed E-state index contributed by atoms with van der Waals surface area (Å²) in [7, 11) is 8.22. The van der Waals surface area contributed by atoms with Crippen LogP contribution in [0.3, 0.4) is 0 Å². The standard InChI is InChI=1S/C66H66O12/c1-73-61(67)49-25-7-43(8-26-49)19-37-55-56(38-20-44-9-27-50(28-10-44)62(68)74-2)58(40-22-46-13-31-52(32-14-46)64(70)76-4)60(42-24-48-17-35-54(36-18-48)66(72)78-6)59(41-23-47-15-33-53(34-16-47)65(71)77-5)57(55)39-21-45-11-29-51(30-12-45)63(69)75-3/h7-18,25-36H,19-24,37-42H2,1-6H3. The van der Waals surface area contributed by atoms with Crippen molar-refractivity contribution in [1.82, 2.24) is 0 Å². The summed E-state index contributed by atoms with van der Waals surface area (Å²) in [6.07, 6.45) is 8.00. The fourth-order valence-electron chi connectivity index (χ4n) is 10.1. The highest BCUT2D eigenvalue weighted by atomic mass is 16.5. The lowest BCUT2D eigenvalue weighted by molar-refractivity contribution is 0.0592. The van der Waals surface area contributed by atoms with E-state index in [1.807, 2.05) is 72.8 Å². The molecule has 12 heteroatoms. The Morgan fingerprint density at radius 2 is 0.321 bits per heavy atom. The summed E-state index contributed by atoms with van der Waals surface area (Å²) in [5.41, 5.74) is 16.5. The van der Waals surface area contributed by atoms with Gasteiger partial charge in [0.1, 0.15) is 0 Å². The summed E-state index contributed by atoms with van der Waals surface area (Å²) >= 11 is 0. The highest BCUT2D eigenvalue weighted by Crippen LogP contribution is 2.36. The Morgan fingerprint density at radius 1 is 0.205 bits per heavy atom. The van der Waals surface area contributed by atoms with E-state index in [9.17, 15) is 28.8 Å². The smallest absolute Gasteiger partial charge is 0.337 e. The van der Waals surface area contributed by atoms with Gasteiger partial charge in [0.2, 0.25) is 0 Å². The van der Waals surface area contributed by atoms with Crippen LogP contribution >= 0.6 is 0 Å². The molecule has 0 saturated carbocycles. The molecule has 0 aliphatic rings. The van der Waals surface area contributed by atoms with Gasteiger partial charge in [0, 0.05) is 0 Å². The molecule has 0 spiro atoms. The lowest BCUT2D eigenvalue weighted by Gasteiger charge is -2.28. The third-order valence-electron chi connectivity index (χ3n) is 14.4. The zero-order chi connectivity index (χ0) is 55.6.